The van der Waals surface area contributed by atoms with E-state index in [1.807, 2.05) is 41.5 Å². The van der Waals surface area contributed by atoms with Gasteiger partial charge in [0, 0.05) is 12.2 Å². The minimum Gasteiger partial charge on any atom is -0.385 e. The molecule has 1 heterocycles. The van der Waals surface area contributed by atoms with Gasteiger partial charge in [-0.15, -0.1) is 0 Å². The van der Waals surface area contributed by atoms with E-state index >= 15 is 0 Å². The van der Waals surface area contributed by atoms with Crippen LogP contribution in [0.5, 0.6) is 0 Å². The first-order valence-corrected chi connectivity index (χ1v) is 13.4. The van der Waals surface area contributed by atoms with Crippen molar-refractivity contribution in [2.75, 3.05) is 12.4 Å². The van der Waals surface area contributed by atoms with Gasteiger partial charge in [0.15, 0.2) is 0 Å². The second-order valence-electron chi connectivity index (χ2n) is 8.81. The molecule has 7 atom stereocenters. The van der Waals surface area contributed by atoms with Gasteiger partial charge in [-0.3, -0.25) is 4.52 Å². The highest BCUT2D eigenvalue weighted by Gasteiger charge is 2.49. The predicted molar refractivity (Wildman–Crippen MR) is 111 cm³/mol. The third-order valence-electron chi connectivity index (χ3n) is 5.08. The van der Waals surface area contributed by atoms with Gasteiger partial charge in [0.1, 0.15) is 5.60 Å². The maximum Gasteiger partial charge on any atom is 0.387 e. The van der Waals surface area contributed by atoms with E-state index in [4.69, 9.17) is 18.7 Å². The molecule has 2 rings (SSSR count). The van der Waals surface area contributed by atoms with Gasteiger partial charge in [-0.1, -0.05) is 6.92 Å². The Labute approximate surface area is 173 Å². The molecule has 0 radical (unpaired) electrons. The molecule has 0 bridgehead atoms. The van der Waals surface area contributed by atoms with Crippen LogP contribution in [0.3, 0.4) is 0 Å². The maximum absolute atomic E-state index is 12.7. The number of hydrogen-bond acceptors (Lipinski definition) is 7. The van der Waals surface area contributed by atoms with Crippen molar-refractivity contribution in [3.8, 4) is 0 Å². The molecule has 1 aliphatic heterocycles. The summed E-state index contributed by atoms with van der Waals surface area (Å²) in [5.41, 5.74) is -1.25. The van der Waals surface area contributed by atoms with Crippen molar-refractivity contribution in [1.29, 1.82) is 0 Å². The highest BCUT2D eigenvalue weighted by atomic mass is 32.7. The quantitative estimate of drug-likeness (QED) is 0.496. The molecule has 7 nitrogen and oxygen atoms in total. The van der Waals surface area contributed by atoms with Crippen LogP contribution in [0.25, 0.3) is 0 Å². The van der Waals surface area contributed by atoms with E-state index in [1.54, 1.807) is 0 Å². The minimum absolute atomic E-state index is 0.0321. The molecule has 9 heteroatoms. The lowest BCUT2D eigenvalue weighted by Crippen LogP contribution is -2.43. The molecular formula is C19H37O7PS. The third kappa shape index (κ3) is 7.24. The summed E-state index contributed by atoms with van der Waals surface area (Å²) in [4.78, 5) is 10.4. The zero-order valence-electron chi connectivity index (χ0n) is 17.9. The van der Waals surface area contributed by atoms with Gasteiger partial charge < -0.3 is 24.2 Å². The lowest BCUT2D eigenvalue weighted by molar-refractivity contribution is -0.108. The van der Waals surface area contributed by atoms with Crippen LogP contribution in [0.2, 0.25) is 0 Å². The maximum atomic E-state index is 12.7. The first kappa shape index (κ1) is 24.6. The first-order chi connectivity index (χ1) is 12.9. The molecule has 166 valence electrons. The lowest BCUT2D eigenvalue weighted by atomic mass is 10.0. The molecule has 0 aromatic rings. The van der Waals surface area contributed by atoms with Gasteiger partial charge in [0.25, 0.3) is 0 Å². The smallest absolute Gasteiger partial charge is 0.385 e. The van der Waals surface area contributed by atoms with E-state index in [1.165, 1.54) is 0 Å². The molecule has 0 aromatic heterocycles. The summed E-state index contributed by atoms with van der Waals surface area (Å²) in [5.74, 6) is 0.497. The SMILES string of the molecule is CC(C)OC[C@@]1(O)C[C@@H](C)CC1OP(=O)(O)SC[C@H]1O[C@@H](C)CC1OC(C)C. The van der Waals surface area contributed by atoms with Gasteiger partial charge >= 0.3 is 6.80 Å². The first-order valence-electron chi connectivity index (χ1n) is 10.2. The van der Waals surface area contributed by atoms with E-state index in [0.29, 0.717) is 18.6 Å². The number of aliphatic hydroxyl groups is 1. The summed E-state index contributed by atoms with van der Waals surface area (Å²) < 4.78 is 35.6. The van der Waals surface area contributed by atoms with Gasteiger partial charge in [-0.25, -0.2) is 4.57 Å². The topological polar surface area (TPSA) is 94.5 Å². The Morgan fingerprint density at radius 2 is 1.89 bits per heavy atom. The summed E-state index contributed by atoms with van der Waals surface area (Å²) in [6, 6.07) is 0. The van der Waals surface area contributed by atoms with Crippen molar-refractivity contribution in [1.82, 2.24) is 0 Å². The summed E-state index contributed by atoms with van der Waals surface area (Å²) >= 11 is 0.854. The van der Waals surface area contributed by atoms with E-state index in [-0.39, 0.29) is 43.0 Å². The van der Waals surface area contributed by atoms with Gasteiger partial charge in [-0.2, -0.15) is 0 Å². The summed E-state index contributed by atoms with van der Waals surface area (Å²) in [6.07, 6.45) is 0.809. The Bertz CT molecular complexity index is 546. The summed E-state index contributed by atoms with van der Waals surface area (Å²) in [7, 11) is 0. The van der Waals surface area contributed by atoms with Crippen molar-refractivity contribution in [2.45, 2.75) is 103 Å². The van der Waals surface area contributed by atoms with Gasteiger partial charge in [-0.05, 0) is 64.8 Å². The van der Waals surface area contributed by atoms with Crippen LogP contribution in [0.1, 0.15) is 60.8 Å². The van der Waals surface area contributed by atoms with Crippen molar-refractivity contribution in [2.24, 2.45) is 5.92 Å². The molecule has 1 saturated heterocycles. The van der Waals surface area contributed by atoms with Crippen molar-refractivity contribution in [3.05, 3.63) is 0 Å². The van der Waals surface area contributed by atoms with E-state index in [0.717, 1.165) is 17.8 Å². The molecule has 3 unspecified atom stereocenters. The molecule has 1 aliphatic carbocycles. The molecule has 0 aromatic carbocycles. The number of rotatable bonds is 10. The fourth-order valence-electron chi connectivity index (χ4n) is 3.93. The molecule has 1 saturated carbocycles. The fourth-order valence-corrected chi connectivity index (χ4v) is 6.72. The van der Waals surface area contributed by atoms with Crippen molar-refractivity contribution >= 4 is 18.2 Å². The Balaban J connectivity index is 1.93. The molecule has 2 aliphatic rings. The second kappa shape index (κ2) is 10.1. The largest absolute Gasteiger partial charge is 0.387 e. The molecule has 0 amide bonds. The molecule has 0 spiro atoms. The van der Waals surface area contributed by atoms with Crippen LogP contribution < -0.4 is 0 Å². The lowest BCUT2D eigenvalue weighted by Gasteiger charge is -2.31. The normalized spacial score (nSPS) is 38.4. The average Bonchev–Trinajstić information content (AvgIpc) is 3.02. The van der Waals surface area contributed by atoms with Crippen LogP contribution in [0.15, 0.2) is 0 Å². The Kier molecular flexibility index (Phi) is 8.88. The standard InChI is InChI=1S/C19H37O7PS/c1-12(2)23-11-19(20)9-14(5)7-18(19)26-27(21,22)28-10-17-16(24-13(3)4)8-15(6)25-17/h12-18,20H,7-11H2,1-6H3,(H,21,22)/t14-,15-,16?,17+,18?,19-/m0/s1. The van der Waals surface area contributed by atoms with Gasteiger partial charge in [0.2, 0.25) is 0 Å². The van der Waals surface area contributed by atoms with E-state index < -0.39 is 18.5 Å². The fraction of sp³-hybridized carbons (Fsp3) is 1.00. The highest BCUT2D eigenvalue weighted by Crippen LogP contribution is 2.59. The zero-order chi connectivity index (χ0) is 21.1. The van der Waals surface area contributed by atoms with Crippen LogP contribution in [0, 0.1) is 5.92 Å². The Morgan fingerprint density at radius 1 is 1.21 bits per heavy atom. The van der Waals surface area contributed by atoms with Crippen molar-refractivity contribution in [3.63, 3.8) is 0 Å². The van der Waals surface area contributed by atoms with Crippen LogP contribution in [0.4, 0.5) is 0 Å². The van der Waals surface area contributed by atoms with E-state index in [9.17, 15) is 14.6 Å². The zero-order valence-corrected chi connectivity index (χ0v) is 19.6. The van der Waals surface area contributed by atoms with Crippen LogP contribution in [-0.4, -0.2) is 64.6 Å². The van der Waals surface area contributed by atoms with Crippen LogP contribution in [-0.2, 0) is 23.3 Å². The minimum atomic E-state index is -3.96. The highest BCUT2D eigenvalue weighted by molar-refractivity contribution is 8.54. The molecular weight excluding hydrogens is 403 g/mol. The molecule has 28 heavy (non-hydrogen) atoms. The third-order valence-corrected chi connectivity index (χ3v) is 8.09. The van der Waals surface area contributed by atoms with Crippen LogP contribution >= 0.6 is 18.2 Å². The summed E-state index contributed by atoms with van der Waals surface area (Å²) in [5, 5.41) is 11.0. The monoisotopic (exact) mass is 440 g/mol. The molecule has 2 N–H and O–H groups in total. The number of hydrogen-bond donors (Lipinski definition) is 2. The Morgan fingerprint density at radius 3 is 2.50 bits per heavy atom. The molecule has 2 fully saturated rings. The van der Waals surface area contributed by atoms with Gasteiger partial charge in [0.05, 0.1) is 43.2 Å². The van der Waals surface area contributed by atoms with Crippen molar-refractivity contribution < 1.29 is 33.3 Å². The summed E-state index contributed by atoms with van der Waals surface area (Å²) in [6.45, 7) is 7.83. The Hall–Kier alpha value is 0.340. The average molecular weight is 441 g/mol. The predicted octanol–water partition coefficient (Wildman–Crippen LogP) is 3.76. The second-order valence-corrected chi connectivity index (χ2v) is 12.7. The van der Waals surface area contributed by atoms with E-state index in [2.05, 4.69) is 0 Å². The number of ether oxygens (including phenoxy) is 3.